The topological polar surface area (TPSA) is 51.6 Å². The lowest BCUT2D eigenvalue weighted by molar-refractivity contribution is -0.142. The highest BCUT2D eigenvalue weighted by Gasteiger charge is 2.30. The van der Waals surface area contributed by atoms with Crippen LogP contribution in [-0.4, -0.2) is 30.6 Å². The van der Waals surface area contributed by atoms with Crippen LogP contribution in [0, 0.1) is 0 Å². The summed E-state index contributed by atoms with van der Waals surface area (Å²) < 4.78 is 10.8. The molecule has 0 aromatic carbocycles. The molecular weight excluding hydrogens is 282 g/mol. The van der Waals surface area contributed by atoms with Crippen molar-refractivity contribution in [3.8, 4) is 0 Å². The van der Waals surface area contributed by atoms with E-state index in [-0.39, 0.29) is 0 Å². The SMILES string of the molecule is COC(CC(C)(O)c1nc(Br)cs1)OC. The molecule has 1 unspecified atom stereocenters. The molecule has 1 rings (SSSR count). The molecular formula is C9H14BrNO3S. The Kier molecular flexibility index (Phi) is 4.66. The van der Waals surface area contributed by atoms with E-state index in [4.69, 9.17) is 9.47 Å². The van der Waals surface area contributed by atoms with Gasteiger partial charge in [0.2, 0.25) is 0 Å². The van der Waals surface area contributed by atoms with Gasteiger partial charge in [-0.2, -0.15) is 0 Å². The second-order valence-corrected chi connectivity index (χ2v) is 5.02. The van der Waals surface area contributed by atoms with Crippen molar-refractivity contribution in [1.82, 2.24) is 4.98 Å². The molecule has 86 valence electrons. The molecule has 0 aliphatic heterocycles. The lowest BCUT2D eigenvalue weighted by Gasteiger charge is -2.24. The third-order valence-electron chi connectivity index (χ3n) is 2.03. The lowest BCUT2D eigenvalue weighted by Crippen LogP contribution is -2.29. The summed E-state index contributed by atoms with van der Waals surface area (Å²) in [5, 5.41) is 12.7. The van der Waals surface area contributed by atoms with Gasteiger partial charge >= 0.3 is 0 Å². The number of methoxy groups -OCH3 is 2. The minimum absolute atomic E-state index is 0.347. The maximum atomic E-state index is 10.2. The molecule has 0 bridgehead atoms. The fraction of sp³-hybridized carbons (Fsp3) is 0.667. The fourth-order valence-electron chi connectivity index (χ4n) is 1.18. The first-order valence-corrected chi connectivity index (χ1v) is 6.06. The van der Waals surface area contributed by atoms with Crippen LogP contribution in [0.25, 0.3) is 0 Å². The first kappa shape index (κ1) is 13.1. The number of nitrogens with zero attached hydrogens (tertiary/aromatic N) is 1. The summed E-state index contributed by atoms with van der Waals surface area (Å²) in [4.78, 5) is 4.18. The molecule has 0 aliphatic rings. The summed E-state index contributed by atoms with van der Waals surface area (Å²) in [6.45, 7) is 1.70. The van der Waals surface area contributed by atoms with Gasteiger partial charge in [0.05, 0.1) is 0 Å². The number of ether oxygens (including phenoxy) is 2. The minimum atomic E-state index is -1.03. The van der Waals surface area contributed by atoms with E-state index in [0.29, 0.717) is 11.4 Å². The Labute approximate surface area is 101 Å². The molecule has 1 aromatic heterocycles. The van der Waals surface area contributed by atoms with Crippen LogP contribution in [0.3, 0.4) is 0 Å². The standard InChI is InChI=1S/C9H14BrNO3S/c1-9(12,4-7(13-2)14-3)8-11-6(10)5-15-8/h5,7,12H,4H2,1-3H3. The van der Waals surface area contributed by atoms with Crippen molar-refractivity contribution in [2.45, 2.75) is 25.2 Å². The van der Waals surface area contributed by atoms with E-state index in [1.807, 2.05) is 5.38 Å². The maximum Gasteiger partial charge on any atom is 0.159 e. The highest BCUT2D eigenvalue weighted by Crippen LogP contribution is 2.30. The largest absolute Gasteiger partial charge is 0.383 e. The van der Waals surface area contributed by atoms with Gasteiger partial charge < -0.3 is 14.6 Å². The van der Waals surface area contributed by atoms with E-state index in [2.05, 4.69) is 20.9 Å². The molecule has 1 atom stereocenters. The predicted octanol–water partition coefficient (Wildman–Crippen LogP) is 2.12. The number of aliphatic hydroxyl groups is 1. The Morgan fingerprint density at radius 2 is 2.20 bits per heavy atom. The molecule has 4 nitrogen and oxygen atoms in total. The van der Waals surface area contributed by atoms with Crippen LogP contribution in [0.4, 0.5) is 0 Å². The minimum Gasteiger partial charge on any atom is -0.383 e. The van der Waals surface area contributed by atoms with Gasteiger partial charge in [0.25, 0.3) is 0 Å². The summed E-state index contributed by atoms with van der Waals surface area (Å²) in [5.41, 5.74) is -1.03. The highest BCUT2D eigenvalue weighted by atomic mass is 79.9. The van der Waals surface area contributed by atoms with Gasteiger partial charge in [-0.1, -0.05) is 0 Å². The summed E-state index contributed by atoms with van der Waals surface area (Å²) >= 11 is 4.65. The number of rotatable bonds is 5. The van der Waals surface area contributed by atoms with E-state index in [1.165, 1.54) is 11.3 Å². The summed E-state index contributed by atoms with van der Waals surface area (Å²) in [7, 11) is 3.09. The average Bonchev–Trinajstić information content (AvgIpc) is 2.62. The van der Waals surface area contributed by atoms with Crippen molar-refractivity contribution < 1.29 is 14.6 Å². The second kappa shape index (κ2) is 5.36. The first-order valence-electron chi connectivity index (χ1n) is 4.39. The van der Waals surface area contributed by atoms with Crippen molar-refractivity contribution in [3.05, 3.63) is 15.0 Å². The highest BCUT2D eigenvalue weighted by molar-refractivity contribution is 9.10. The fourth-order valence-corrected chi connectivity index (χ4v) is 2.50. The number of halogens is 1. The van der Waals surface area contributed by atoms with E-state index in [1.54, 1.807) is 21.1 Å². The normalized spacial score (nSPS) is 15.6. The van der Waals surface area contributed by atoms with Crippen molar-refractivity contribution in [2.24, 2.45) is 0 Å². The zero-order chi connectivity index (χ0) is 11.5. The molecule has 15 heavy (non-hydrogen) atoms. The molecule has 0 radical (unpaired) electrons. The molecule has 0 fully saturated rings. The molecule has 6 heteroatoms. The monoisotopic (exact) mass is 295 g/mol. The van der Waals surface area contributed by atoms with E-state index >= 15 is 0 Å². The quantitative estimate of drug-likeness (QED) is 0.846. The van der Waals surface area contributed by atoms with E-state index in [0.717, 1.165) is 4.60 Å². The molecule has 0 aliphatic carbocycles. The van der Waals surface area contributed by atoms with Gasteiger partial charge in [-0.05, 0) is 22.9 Å². The Hall–Kier alpha value is -0.0100. The molecule has 1 aromatic rings. The summed E-state index contributed by atoms with van der Waals surface area (Å²) in [6.07, 6.45) is -0.0809. The molecule has 0 saturated heterocycles. The maximum absolute atomic E-state index is 10.2. The van der Waals surface area contributed by atoms with Crippen LogP contribution < -0.4 is 0 Å². The van der Waals surface area contributed by atoms with Crippen molar-refractivity contribution in [3.63, 3.8) is 0 Å². The predicted molar refractivity (Wildman–Crippen MR) is 61.8 cm³/mol. The average molecular weight is 296 g/mol. The van der Waals surface area contributed by atoms with Gasteiger partial charge in [-0.25, -0.2) is 4.98 Å². The smallest absolute Gasteiger partial charge is 0.159 e. The van der Waals surface area contributed by atoms with Gasteiger partial charge in [0.1, 0.15) is 15.2 Å². The molecule has 1 N–H and O–H groups in total. The lowest BCUT2D eigenvalue weighted by atomic mass is 10.0. The number of hydrogen-bond donors (Lipinski definition) is 1. The van der Waals surface area contributed by atoms with Crippen LogP contribution in [0.5, 0.6) is 0 Å². The van der Waals surface area contributed by atoms with Crippen LogP contribution >= 0.6 is 27.3 Å². The Balaban J connectivity index is 2.74. The molecule has 0 amide bonds. The Morgan fingerprint density at radius 1 is 1.60 bits per heavy atom. The van der Waals surface area contributed by atoms with Crippen LogP contribution in [-0.2, 0) is 15.1 Å². The van der Waals surface area contributed by atoms with E-state index < -0.39 is 11.9 Å². The zero-order valence-electron chi connectivity index (χ0n) is 8.86. The van der Waals surface area contributed by atoms with Gasteiger partial charge in [-0.15, -0.1) is 11.3 Å². The molecule has 0 spiro atoms. The van der Waals surface area contributed by atoms with Crippen molar-refractivity contribution in [2.75, 3.05) is 14.2 Å². The zero-order valence-corrected chi connectivity index (χ0v) is 11.3. The Morgan fingerprint density at radius 3 is 2.60 bits per heavy atom. The number of thiazole rings is 1. The van der Waals surface area contributed by atoms with Crippen LogP contribution in [0.2, 0.25) is 0 Å². The second-order valence-electron chi connectivity index (χ2n) is 3.35. The van der Waals surface area contributed by atoms with E-state index in [9.17, 15) is 5.11 Å². The summed E-state index contributed by atoms with van der Waals surface area (Å²) in [6, 6.07) is 0. The number of hydrogen-bond acceptors (Lipinski definition) is 5. The number of aromatic nitrogens is 1. The Bertz CT molecular complexity index is 312. The van der Waals surface area contributed by atoms with Crippen LogP contribution in [0.15, 0.2) is 9.98 Å². The van der Waals surface area contributed by atoms with Gasteiger partial charge in [-0.3, -0.25) is 0 Å². The molecule has 1 heterocycles. The first-order chi connectivity index (χ1) is 6.99. The van der Waals surface area contributed by atoms with Crippen molar-refractivity contribution in [1.29, 1.82) is 0 Å². The van der Waals surface area contributed by atoms with Crippen molar-refractivity contribution >= 4 is 27.3 Å². The molecule has 0 saturated carbocycles. The van der Waals surface area contributed by atoms with Gasteiger partial charge in [0, 0.05) is 26.0 Å². The van der Waals surface area contributed by atoms with Crippen LogP contribution in [0.1, 0.15) is 18.4 Å². The summed E-state index contributed by atoms with van der Waals surface area (Å²) in [5.74, 6) is 0. The van der Waals surface area contributed by atoms with Gasteiger partial charge in [0.15, 0.2) is 6.29 Å². The third kappa shape index (κ3) is 3.49. The third-order valence-corrected chi connectivity index (χ3v) is 3.83.